The predicted molar refractivity (Wildman–Crippen MR) is 143 cm³/mol. The maximum atomic E-state index is 11.6. The lowest BCUT2D eigenvalue weighted by molar-refractivity contribution is 0.127. The molecule has 1 fully saturated rings. The van der Waals surface area contributed by atoms with Crippen LogP contribution < -0.4 is 5.32 Å². The highest BCUT2D eigenvalue weighted by Gasteiger charge is 2.25. The van der Waals surface area contributed by atoms with Crippen LogP contribution in [0, 0.1) is 0 Å². The molecular formula is C24H35IN4O2S. The summed E-state index contributed by atoms with van der Waals surface area (Å²) in [5.74, 6) is 0.931. The van der Waals surface area contributed by atoms with Crippen LogP contribution in [0.25, 0.3) is 0 Å². The number of halogens is 1. The van der Waals surface area contributed by atoms with Gasteiger partial charge in [0.1, 0.15) is 0 Å². The standard InChI is InChI=1S/C24H34N4O2S.HI/c1-4-23(21-8-6-5-7-9-21)27-16-18-28(19-17-27)24(25-2)26-15-14-20-10-12-22(13-11-20)31(3,29)30;/h5-13,23H,4,14-19H2,1-3H3,(H,25,26);1H. The fourth-order valence-electron chi connectivity index (χ4n) is 4.18. The maximum Gasteiger partial charge on any atom is 0.193 e. The summed E-state index contributed by atoms with van der Waals surface area (Å²) in [5, 5.41) is 3.46. The molecule has 2 aromatic rings. The molecule has 0 aromatic heterocycles. The summed E-state index contributed by atoms with van der Waals surface area (Å²) in [5.41, 5.74) is 2.50. The summed E-state index contributed by atoms with van der Waals surface area (Å²) in [6.07, 6.45) is 3.15. The van der Waals surface area contributed by atoms with E-state index >= 15 is 0 Å². The Morgan fingerprint density at radius 2 is 1.66 bits per heavy atom. The van der Waals surface area contributed by atoms with E-state index in [1.54, 1.807) is 12.1 Å². The van der Waals surface area contributed by atoms with Gasteiger partial charge in [-0.05, 0) is 36.1 Å². The Hall–Kier alpha value is -1.65. The minimum absolute atomic E-state index is 0. The molecule has 0 bridgehead atoms. The number of benzene rings is 2. The first-order chi connectivity index (χ1) is 14.9. The molecule has 32 heavy (non-hydrogen) atoms. The van der Waals surface area contributed by atoms with Crippen LogP contribution >= 0.6 is 24.0 Å². The van der Waals surface area contributed by atoms with Gasteiger partial charge in [-0.1, -0.05) is 49.4 Å². The minimum Gasteiger partial charge on any atom is -0.356 e. The molecule has 6 nitrogen and oxygen atoms in total. The Morgan fingerprint density at radius 1 is 1.03 bits per heavy atom. The van der Waals surface area contributed by atoms with Crippen LogP contribution in [0.15, 0.2) is 64.5 Å². The third-order valence-electron chi connectivity index (χ3n) is 5.89. The average molecular weight is 571 g/mol. The number of aliphatic imine (C=N–C) groups is 1. The van der Waals surface area contributed by atoms with Gasteiger partial charge in [-0.2, -0.15) is 0 Å². The van der Waals surface area contributed by atoms with E-state index in [1.807, 2.05) is 19.2 Å². The maximum absolute atomic E-state index is 11.6. The van der Waals surface area contributed by atoms with E-state index < -0.39 is 9.84 Å². The summed E-state index contributed by atoms with van der Waals surface area (Å²) in [6.45, 7) is 6.94. The number of nitrogens with zero attached hydrogens (tertiary/aromatic N) is 3. The number of guanidine groups is 1. The summed E-state index contributed by atoms with van der Waals surface area (Å²) in [7, 11) is -1.32. The van der Waals surface area contributed by atoms with Crippen molar-refractivity contribution in [3.63, 3.8) is 0 Å². The van der Waals surface area contributed by atoms with E-state index in [0.717, 1.165) is 57.1 Å². The highest BCUT2D eigenvalue weighted by Crippen LogP contribution is 2.25. The van der Waals surface area contributed by atoms with Crippen LogP contribution in [0.1, 0.15) is 30.5 Å². The Labute approximate surface area is 210 Å². The molecule has 1 N–H and O–H groups in total. The Bertz CT molecular complexity index is 957. The van der Waals surface area contributed by atoms with Gasteiger partial charge < -0.3 is 10.2 Å². The summed E-state index contributed by atoms with van der Waals surface area (Å²) >= 11 is 0. The lowest BCUT2D eigenvalue weighted by Gasteiger charge is -2.40. The molecule has 176 valence electrons. The van der Waals surface area contributed by atoms with Crippen LogP contribution in [0.3, 0.4) is 0 Å². The average Bonchev–Trinajstić information content (AvgIpc) is 2.78. The van der Waals surface area contributed by atoms with Crippen molar-refractivity contribution in [1.82, 2.24) is 15.1 Å². The molecule has 0 radical (unpaired) electrons. The number of piperazine rings is 1. The molecule has 8 heteroatoms. The van der Waals surface area contributed by atoms with E-state index in [4.69, 9.17) is 0 Å². The van der Waals surface area contributed by atoms with Gasteiger partial charge in [-0.15, -0.1) is 24.0 Å². The van der Waals surface area contributed by atoms with Crippen molar-refractivity contribution in [2.24, 2.45) is 4.99 Å². The predicted octanol–water partition coefficient (Wildman–Crippen LogP) is 3.59. The number of rotatable bonds is 7. The Morgan fingerprint density at radius 3 is 2.19 bits per heavy atom. The molecule has 2 aromatic carbocycles. The SMILES string of the molecule is CCC(c1ccccc1)N1CCN(C(=NC)NCCc2ccc(S(C)(=O)=O)cc2)CC1.I. The molecule has 1 aliphatic rings. The molecule has 1 saturated heterocycles. The van der Waals surface area contributed by atoms with Gasteiger partial charge >= 0.3 is 0 Å². The van der Waals surface area contributed by atoms with Crippen LogP contribution in [-0.4, -0.2) is 70.2 Å². The highest BCUT2D eigenvalue weighted by atomic mass is 127. The number of sulfone groups is 1. The third kappa shape index (κ3) is 7.18. The van der Waals surface area contributed by atoms with Crippen molar-refractivity contribution in [3.8, 4) is 0 Å². The van der Waals surface area contributed by atoms with E-state index in [9.17, 15) is 8.42 Å². The van der Waals surface area contributed by atoms with Gasteiger partial charge in [0.2, 0.25) is 0 Å². The van der Waals surface area contributed by atoms with Gasteiger partial charge in [0.05, 0.1) is 4.90 Å². The van der Waals surface area contributed by atoms with Crippen LogP contribution in [0.4, 0.5) is 0 Å². The number of nitrogens with one attached hydrogen (secondary N) is 1. The van der Waals surface area contributed by atoms with Crippen LogP contribution in [0.5, 0.6) is 0 Å². The molecular weight excluding hydrogens is 535 g/mol. The van der Waals surface area contributed by atoms with Crippen molar-refractivity contribution in [3.05, 3.63) is 65.7 Å². The second-order valence-electron chi connectivity index (χ2n) is 8.00. The molecule has 1 heterocycles. The van der Waals surface area contributed by atoms with Crippen LogP contribution in [-0.2, 0) is 16.3 Å². The molecule has 3 rings (SSSR count). The van der Waals surface area contributed by atoms with Gasteiger partial charge in [0.15, 0.2) is 15.8 Å². The fraction of sp³-hybridized carbons (Fsp3) is 0.458. The van der Waals surface area contributed by atoms with E-state index in [-0.39, 0.29) is 24.0 Å². The normalized spacial score (nSPS) is 16.3. The molecule has 1 atom stereocenters. The Kier molecular flexibility index (Phi) is 10.4. The minimum atomic E-state index is -3.15. The molecule has 0 aliphatic carbocycles. The summed E-state index contributed by atoms with van der Waals surface area (Å²) < 4.78 is 23.2. The van der Waals surface area contributed by atoms with Crippen LogP contribution in [0.2, 0.25) is 0 Å². The summed E-state index contributed by atoms with van der Waals surface area (Å²) in [4.78, 5) is 9.72. The first kappa shape index (κ1) is 26.6. The zero-order chi connectivity index (χ0) is 22.3. The van der Waals surface area contributed by atoms with Crippen molar-refractivity contribution >= 4 is 39.8 Å². The molecule has 0 saturated carbocycles. The van der Waals surface area contributed by atoms with Crippen molar-refractivity contribution in [1.29, 1.82) is 0 Å². The first-order valence-electron chi connectivity index (χ1n) is 11.0. The van der Waals surface area contributed by atoms with Crippen molar-refractivity contribution in [2.75, 3.05) is 46.0 Å². The van der Waals surface area contributed by atoms with E-state index in [2.05, 4.69) is 57.4 Å². The Balaban J connectivity index is 0.00000363. The topological polar surface area (TPSA) is 65.0 Å². The molecule has 1 unspecified atom stereocenters. The fourth-order valence-corrected chi connectivity index (χ4v) is 4.81. The van der Waals surface area contributed by atoms with Gasteiger partial charge in [0, 0.05) is 52.1 Å². The van der Waals surface area contributed by atoms with E-state index in [0.29, 0.717) is 10.9 Å². The van der Waals surface area contributed by atoms with Gasteiger partial charge in [-0.25, -0.2) is 8.42 Å². The molecule has 0 spiro atoms. The van der Waals surface area contributed by atoms with Gasteiger partial charge in [-0.3, -0.25) is 9.89 Å². The number of hydrogen-bond acceptors (Lipinski definition) is 4. The smallest absolute Gasteiger partial charge is 0.193 e. The monoisotopic (exact) mass is 570 g/mol. The second-order valence-corrected chi connectivity index (χ2v) is 10.0. The number of hydrogen-bond donors (Lipinski definition) is 1. The first-order valence-corrected chi connectivity index (χ1v) is 12.8. The van der Waals surface area contributed by atoms with Gasteiger partial charge in [0.25, 0.3) is 0 Å². The quantitative estimate of drug-likeness (QED) is 0.313. The second kappa shape index (κ2) is 12.6. The third-order valence-corrected chi connectivity index (χ3v) is 7.01. The van der Waals surface area contributed by atoms with Crippen molar-refractivity contribution < 1.29 is 8.42 Å². The van der Waals surface area contributed by atoms with E-state index in [1.165, 1.54) is 11.8 Å². The molecule has 0 amide bonds. The zero-order valence-electron chi connectivity index (χ0n) is 19.2. The lowest BCUT2D eigenvalue weighted by Crippen LogP contribution is -2.53. The highest BCUT2D eigenvalue weighted by molar-refractivity contribution is 14.0. The zero-order valence-corrected chi connectivity index (χ0v) is 22.3. The van der Waals surface area contributed by atoms with Crippen molar-refractivity contribution in [2.45, 2.75) is 30.7 Å². The molecule has 1 aliphatic heterocycles. The summed E-state index contributed by atoms with van der Waals surface area (Å²) in [6, 6.07) is 18.3. The lowest BCUT2D eigenvalue weighted by atomic mass is 10.0. The largest absolute Gasteiger partial charge is 0.356 e.